The summed E-state index contributed by atoms with van der Waals surface area (Å²) in [6, 6.07) is 0.929. The highest BCUT2D eigenvalue weighted by Crippen LogP contribution is 2.41. The van der Waals surface area contributed by atoms with Crippen LogP contribution in [0.2, 0.25) is 0 Å². The lowest BCUT2D eigenvalue weighted by Gasteiger charge is -2.36. The van der Waals surface area contributed by atoms with Crippen molar-refractivity contribution in [3.63, 3.8) is 0 Å². The van der Waals surface area contributed by atoms with Crippen LogP contribution in [0.25, 0.3) is 11.3 Å². The Morgan fingerprint density at radius 1 is 1.00 bits per heavy atom. The van der Waals surface area contributed by atoms with Crippen molar-refractivity contribution < 1.29 is 55.5 Å². The van der Waals surface area contributed by atoms with Crippen molar-refractivity contribution in [2.24, 2.45) is 0 Å². The topological polar surface area (TPSA) is 105 Å². The van der Waals surface area contributed by atoms with E-state index < -0.39 is 84.1 Å². The largest absolute Gasteiger partial charge is 0.458 e. The molecule has 3 rings (SSSR count). The molecule has 1 aliphatic heterocycles. The zero-order valence-electron chi connectivity index (χ0n) is 15.7. The van der Waals surface area contributed by atoms with Gasteiger partial charge in [-0.05, 0) is 12.1 Å². The van der Waals surface area contributed by atoms with E-state index in [-0.39, 0.29) is 6.20 Å². The summed E-state index contributed by atoms with van der Waals surface area (Å²) in [6.45, 7) is -0.742. The Labute approximate surface area is 175 Å². The standard InChI is InChI=1S/C18H15F7N2O5/c19-9-2-7(10-4-27-14(5-26-10)18(23,24)25)1-8(17(20,21)22)15(9)32-16-12(30)3-11(29)13(6-28)31-16/h1-2,4-5,11-13,16,28-30H,3,6H2/t11-,12-,13+,16?/m0/s1. The van der Waals surface area contributed by atoms with Crippen molar-refractivity contribution in [3.8, 4) is 17.0 Å². The van der Waals surface area contributed by atoms with Crippen molar-refractivity contribution in [2.75, 3.05) is 6.61 Å². The lowest BCUT2D eigenvalue weighted by atomic mass is 10.0. The second-order valence-electron chi connectivity index (χ2n) is 6.83. The zero-order chi connectivity index (χ0) is 23.8. The van der Waals surface area contributed by atoms with Crippen LogP contribution in [0, 0.1) is 5.82 Å². The average molecular weight is 472 g/mol. The molecule has 0 amide bonds. The summed E-state index contributed by atoms with van der Waals surface area (Å²) in [6.07, 6.45) is -15.7. The van der Waals surface area contributed by atoms with Crippen molar-refractivity contribution in [1.29, 1.82) is 0 Å². The van der Waals surface area contributed by atoms with Gasteiger partial charge in [0.15, 0.2) is 17.3 Å². The van der Waals surface area contributed by atoms with Crippen LogP contribution in [0.3, 0.4) is 0 Å². The number of nitrogens with zero attached hydrogens (tertiary/aromatic N) is 2. The maximum Gasteiger partial charge on any atom is 0.434 e. The first-order valence-electron chi connectivity index (χ1n) is 8.90. The number of aliphatic hydroxyl groups is 3. The molecule has 4 atom stereocenters. The molecule has 1 aromatic heterocycles. The van der Waals surface area contributed by atoms with E-state index >= 15 is 0 Å². The third kappa shape index (κ3) is 5.09. The molecule has 14 heteroatoms. The fraction of sp³-hybridized carbons (Fsp3) is 0.444. The first-order valence-corrected chi connectivity index (χ1v) is 8.90. The molecular formula is C18H15F7N2O5. The van der Waals surface area contributed by atoms with Crippen LogP contribution in [0.15, 0.2) is 24.5 Å². The Balaban J connectivity index is 1.98. The lowest BCUT2D eigenvalue weighted by molar-refractivity contribution is -0.242. The monoisotopic (exact) mass is 472 g/mol. The fourth-order valence-corrected chi connectivity index (χ4v) is 2.95. The van der Waals surface area contributed by atoms with Gasteiger partial charge in [-0.25, -0.2) is 9.37 Å². The van der Waals surface area contributed by atoms with Gasteiger partial charge in [0.05, 0.1) is 30.8 Å². The van der Waals surface area contributed by atoms with Crippen molar-refractivity contribution >= 4 is 0 Å². The van der Waals surface area contributed by atoms with Gasteiger partial charge < -0.3 is 24.8 Å². The van der Waals surface area contributed by atoms with Gasteiger partial charge in [0, 0.05) is 12.0 Å². The maximum absolute atomic E-state index is 14.6. The molecule has 7 nitrogen and oxygen atoms in total. The highest BCUT2D eigenvalue weighted by atomic mass is 19.4. The molecule has 0 radical (unpaired) electrons. The van der Waals surface area contributed by atoms with Gasteiger partial charge in [0.1, 0.15) is 17.8 Å². The number of alkyl halides is 6. The van der Waals surface area contributed by atoms with Crippen LogP contribution in [0.5, 0.6) is 5.75 Å². The third-order valence-electron chi connectivity index (χ3n) is 4.54. The number of aliphatic hydroxyl groups excluding tert-OH is 3. The van der Waals surface area contributed by atoms with E-state index in [1.807, 2.05) is 0 Å². The van der Waals surface area contributed by atoms with Crippen molar-refractivity contribution in [2.45, 2.75) is 43.4 Å². The van der Waals surface area contributed by atoms with Gasteiger partial charge >= 0.3 is 12.4 Å². The molecule has 1 aliphatic rings. The van der Waals surface area contributed by atoms with Gasteiger partial charge in [-0.2, -0.15) is 26.3 Å². The molecule has 1 aromatic carbocycles. The Bertz CT molecular complexity index is 952. The third-order valence-corrected chi connectivity index (χ3v) is 4.54. The van der Waals surface area contributed by atoms with Gasteiger partial charge in [-0.15, -0.1) is 0 Å². The molecular weight excluding hydrogens is 457 g/mol. The molecule has 0 bridgehead atoms. The Morgan fingerprint density at radius 3 is 2.22 bits per heavy atom. The van der Waals surface area contributed by atoms with E-state index in [4.69, 9.17) is 14.6 Å². The van der Waals surface area contributed by atoms with Crippen LogP contribution >= 0.6 is 0 Å². The fourth-order valence-electron chi connectivity index (χ4n) is 2.95. The van der Waals surface area contributed by atoms with Gasteiger partial charge in [0.25, 0.3) is 0 Å². The molecule has 0 saturated carbocycles. The number of benzene rings is 1. The Hall–Kier alpha value is -2.55. The first-order chi connectivity index (χ1) is 14.8. The van der Waals surface area contributed by atoms with E-state index in [0.29, 0.717) is 18.3 Å². The normalized spacial score (nSPS) is 24.4. The van der Waals surface area contributed by atoms with Gasteiger partial charge in [-0.1, -0.05) is 0 Å². The number of hydrogen-bond donors (Lipinski definition) is 3. The van der Waals surface area contributed by atoms with Crippen molar-refractivity contribution in [1.82, 2.24) is 9.97 Å². The number of rotatable bonds is 4. The van der Waals surface area contributed by atoms with Crippen LogP contribution in [0.1, 0.15) is 17.7 Å². The number of hydrogen-bond acceptors (Lipinski definition) is 7. The predicted molar refractivity (Wildman–Crippen MR) is 90.4 cm³/mol. The highest BCUT2D eigenvalue weighted by Gasteiger charge is 2.42. The summed E-state index contributed by atoms with van der Waals surface area (Å²) in [5, 5.41) is 28.7. The van der Waals surface area contributed by atoms with E-state index in [1.54, 1.807) is 0 Å². The SMILES string of the molecule is OC[C@H]1OC(Oc2c(F)cc(-c3cnc(C(F)(F)F)cn3)cc2C(F)(F)F)[C@@H](O)C[C@@H]1O. The average Bonchev–Trinajstić information content (AvgIpc) is 2.69. The number of aromatic nitrogens is 2. The van der Waals surface area contributed by atoms with E-state index in [2.05, 4.69) is 9.97 Å². The molecule has 2 aromatic rings. The molecule has 2 heterocycles. The summed E-state index contributed by atoms with van der Waals surface area (Å²) in [7, 11) is 0. The van der Waals surface area contributed by atoms with E-state index in [1.165, 1.54) is 0 Å². The van der Waals surface area contributed by atoms with Crippen LogP contribution in [-0.2, 0) is 17.1 Å². The van der Waals surface area contributed by atoms with Gasteiger partial charge in [0.2, 0.25) is 6.29 Å². The molecule has 1 saturated heterocycles. The zero-order valence-corrected chi connectivity index (χ0v) is 15.7. The minimum atomic E-state index is -5.18. The van der Waals surface area contributed by atoms with E-state index in [9.17, 15) is 40.9 Å². The lowest BCUT2D eigenvalue weighted by Crippen LogP contribution is -2.51. The smallest absolute Gasteiger partial charge is 0.434 e. The molecule has 176 valence electrons. The predicted octanol–water partition coefficient (Wildman–Crippen LogP) is 2.53. The molecule has 1 unspecified atom stereocenters. The summed E-state index contributed by atoms with van der Waals surface area (Å²) in [4.78, 5) is 6.46. The summed E-state index contributed by atoms with van der Waals surface area (Å²) < 4.78 is 103. The highest BCUT2D eigenvalue weighted by molar-refractivity contribution is 5.62. The molecule has 0 aliphatic carbocycles. The summed E-state index contributed by atoms with van der Waals surface area (Å²) >= 11 is 0. The van der Waals surface area contributed by atoms with Crippen LogP contribution in [0.4, 0.5) is 30.7 Å². The van der Waals surface area contributed by atoms with Crippen LogP contribution in [-0.4, -0.2) is 56.5 Å². The van der Waals surface area contributed by atoms with Crippen LogP contribution < -0.4 is 4.74 Å². The minimum absolute atomic E-state index is 0.289. The Kier molecular flexibility index (Phi) is 6.60. The molecule has 32 heavy (non-hydrogen) atoms. The van der Waals surface area contributed by atoms with E-state index in [0.717, 1.165) is 0 Å². The minimum Gasteiger partial charge on any atom is -0.458 e. The summed E-state index contributed by atoms with van der Waals surface area (Å²) in [5.74, 6) is -2.92. The molecule has 3 N–H and O–H groups in total. The first kappa shape index (κ1) is 24.1. The second kappa shape index (κ2) is 8.77. The second-order valence-corrected chi connectivity index (χ2v) is 6.83. The number of ether oxygens (including phenoxy) is 2. The number of halogens is 7. The van der Waals surface area contributed by atoms with Gasteiger partial charge in [-0.3, -0.25) is 4.98 Å². The quantitative estimate of drug-likeness (QED) is 0.588. The maximum atomic E-state index is 14.6. The molecule has 0 spiro atoms. The molecule has 1 fully saturated rings. The van der Waals surface area contributed by atoms with Crippen molar-refractivity contribution in [3.05, 3.63) is 41.6 Å². The summed E-state index contributed by atoms with van der Waals surface area (Å²) in [5.41, 5.74) is -4.04. The Morgan fingerprint density at radius 2 is 1.69 bits per heavy atom.